The third-order valence-electron chi connectivity index (χ3n) is 3.96. The number of aliphatic hydroxyl groups is 8. The van der Waals surface area contributed by atoms with Gasteiger partial charge in [0.15, 0.2) is 12.6 Å². The molecular weight excluding hydrogens is 320 g/mol. The summed E-state index contributed by atoms with van der Waals surface area (Å²) in [4.78, 5) is 0. The highest BCUT2D eigenvalue weighted by molar-refractivity contribution is 4.91. The highest BCUT2D eigenvalue weighted by Crippen LogP contribution is 2.24. The molecule has 2 aliphatic rings. The molecule has 8 N–H and O–H groups in total. The van der Waals surface area contributed by atoms with Gasteiger partial charge in [0, 0.05) is 0 Å². The molecule has 0 aromatic carbocycles. The predicted octanol–water partition coefficient (Wildman–Crippen LogP) is -5.40. The summed E-state index contributed by atoms with van der Waals surface area (Å²) in [6.07, 6.45) is -15.3. The number of rotatable bonds is 4. The third-order valence-corrected chi connectivity index (χ3v) is 3.96. The first kappa shape index (κ1) is 18.9. The van der Waals surface area contributed by atoms with Crippen molar-refractivity contribution in [1.29, 1.82) is 0 Å². The minimum Gasteiger partial charge on any atom is -0.394 e. The Bertz CT molecular complexity index is 380. The summed E-state index contributed by atoms with van der Waals surface area (Å²) in [7, 11) is 0. The molecule has 0 aromatic heterocycles. The van der Waals surface area contributed by atoms with Crippen LogP contribution in [0, 0.1) is 0 Å². The molecule has 0 saturated carbocycles. The Kier molecular flexibility index (Phi) is 6.27. The van der Waals surface area contributed by atoms with E-state index in [0.29, 0.717) is 0 Å². The van der Waals surface area contributed by atoms with Gasteiger partial charge in [0.25, 0.3) is 0 Å². The molecule has 23 heavy (non-hydrogen) atoms. The van der Waals surface area contributed by atoms with Crippen molar-refractivity contribution < 1.29 is 55.1 Å². The molecule has 2 aliphatic heterocycles. The Morgan fingerprint density at radius 2 is 1.22 bits per heavy atom. The lowest BCUT2D eigenvalue weighted by Gasteiger charge is -2.41. The van der Waals surface area contributed by atoms with Crippen LogP contribution in [-0.4, -0.2) is 115 Å². The van der Waals surface area contributed by atoms with Crippen molar-refractivity contribution in [2.24, 2.45) is 0 Å². The van der Waals surface area contributed by atoms with Crippen molar-refractivity contribution in [1.82, 2.24) is 0 Å². The standard InChI is InChI=1S/C12H22O11/c13-1-3-5(14)8(17)10(19)12(23-3)21-2-4-6(15)7(16)9(18)11(20)22-4/h3-20H,1-2H2/t3?,4?,5-,6-,7?,8?,9?,10?,11+,12+/m1/s1. The van der Waals surface area contributed by atoms with Gasteiger partial charge in [-0.3, -0.25) is 0 Å². The van der Waals surface area contributed by atoms with Crippen molar-refractivity contribution in [3.8, 4) is 0 Å². The Morgan fingerprint density at radius 3 is 1.83 bits per heavy atom. The Labute approximate surface area is 130 Å². The molecule has 0 amide bonds. The van der Waals surface area contributed by atoms with Crippen LogP contribution in [0.3, 0.4) is 0 Å². The molecule has 136 valence electrons. The Hall–Kier alpha value is -0.440. The summed E-state index contributed by atoms with van der Waals surface area (Å²) >= 11 is 0. The van der Waals surface area contributed by atoms with E-state index in [9.17, 15) is 35.7 Å². The second kappa shape index (κ2) is 7.63. The zero-order valence-corrected chi connectivity index (χ0v) is 12.0. The van der Waals surface area contributed by atoms with Crippen molar-refractivity contribution in [3.05, 3.63) is 0 Å². The first-order valence-electron chi connectivity index (χ1n) is 7.07. The third kappa shape index (κ3) is 3.81. The lowest BCUT2D eigenvalue weighted by atomic mass is 9.98. The van der Waals surface area contributed by atoms with E-state index in [1.807, 2.05) is 0 Å². The van der Waals surface area contributed by atoms with Crippen LogP contribution in [0.15, 0.2) is 0 Å². The van der Waals surface area contributed by atoms with E-state index in [4.69, 9.17) is 19.3 Å². The zero-order chi connectivity index (χ0) is 17.3. The summed E-state index contributed by atoms with van der Waals surface area (Å²) in [6, 6.07) is 0. The minimum atomic E-state index is -1.74. The quantitative estimate of drug-likeness (QED) is 0.243. The van der Waals surface area contributed by atoms with Crippen LogP contribution < -0.4 is 0 Å². The first-order chi connectivity index (χ1) is 10.8. The number of hydrogen-bond donors (Lipinski definition) is 8. The lowest BCUT2D eigenvalue weighted by Crippen LogP contribution is -2.61. The SMILES string of the molecule is OCC1O[C@H](OCC2O[C@H](O)C(O)C(O)[C@@H]2O)C(O)C(O)[C@@H]1O. The van der Waals surface area contributed by atoms with Crippen LogP contribution >= 0.6 is 0 Å². The molecule has 2 saturated heterocycles. The molecule has 11 heteroatoms. The maximum atomic E-state index is 9.78. The van der Waals surface area contributed by atoms with Crippen molar-refractivity contribution in [2.75, 3.05) is 13.2 Å². The maximum absolute atomic E-state index is 9.78. The summed E-state index contributed by atoms with van der Waals surface area (Å²) in [6.45, 7) is -1.10. The minimum absolute atomic E-state index is 0.468. The highest BCUT2D eigenvalue weighted by atomic mass is 16.7. The van der Waals surface area contributed by atoms with E-state index in [1.54, 1.807) is 0 Å². The predicted molar refractivity (Wildman–Crippen MR) is 68.6 cm³/mol. The molecule has 0 radical (unpaired) electrons. The van der Waals surface area contributed by atoms with Gasteiger partial charge in [-0.15, -0.1) is 0 Å². The second-order valence-electron chi connectivity index (χ2n) is 5.57. The fourth-order valence-electron chi connectivity index (χ4n) is 2.46. The second-order valence-corrected chi connectivity index (χ2v) is 5.57. The van der Waals surface area contributed by atoms with Gasteiger partial charge in [-0.05, 0) is 0 Å². The number of hydrogen-bond acceptors (Lipinski definition) is 11. The average Bonchev–Trinajstić information content (AvgIpc) is 2.54. The first-order valence-corrected chi connectivity index (χ1v) is 7.07. The van der Waals surface area contributed by atoms with Crippen LogP contribution in [0.5, 0.6) is 0 Å². The van der Waals surface area contributed by atoms with Crippen LogP contribution in [0.1, 0.15) is 0 Å². The Balaban J connectivity index is 1.94. The summed E-state index contributed by atoms with van der Waals surface area (Å²) in [5, 5.41) is 76.1. The van der Waals surface area contributed by atoms with Crippen LogP contribution in [-0.2, 0) is 14.2 Å². The Morgan fingerprint density at radius 1 is 0.652 bits per heavy atom. The van der Waals surface area contributed by atoms with E-state index >= 15 is 0 Å². The van der Waals surface area contributed by atoms with Gasteiger partial charge in [-0.1, -0.05) is 0 Å². The van der Waals surface area contributed by atoms with Gasteiger partial charge in [-0.25, -0.2) is 0 Å². The molecule has 10 atom stereocenters. The molecule has 0 bridgehead atoms. The van der Waals surface area contributed by atoms with Gasteiger partial charge in [0.1, 0.15) is 48.8 Å². The fourth-order valence-corrected chi connectivity index (χ4v) is 2.46. The molecular formula is C12H22O11. The van der Waals surface area contributed by atoms with Crippen LogP contribution in [0.2, 0.25) is 0 Å². The summed E-state index contributed by atoms with van der Waals surface area (Å²) < 4.78 is 15.1. The van der Waals surface area contributed by atoms with Gasteiger partial charge < -0.3 is 55.1 Å². The molecule has 2 rings (SSSR count). The fraction of sp³-hybridized carbons (Fsp3) is 1.00. The summed E-state index contributed by atoms with van der Waals surface area (Å²) in [5.41, 5.74) is 0. The molecule has 11 nitrogen and oxygen atoms in total. The normalized spacial score (nSPS) is 51.7. The van der Waals surface area contributed by atoms with Crippen molar-refractivity contribution >= 4 is 0 Å². The largest absolute Gasteiger partial charge is 0.394 e. The van der Waals surface area contributed by atoms with E-state index in [0.717, 1.165) is 0 Å². The van der Waals surface area contributed by atoms with E-state index < -0.39 is 74.6 Å². The lowest BCUT2D eigenvalue weighted by molar-refractivity contribution is -0.325. The zero-order valence-electron chi connectivity index (χ0n) is 12.0. The molecule has 0 spiro atoms. The highest BCUT2D eigenvalue weighted by Gasteiger charge is 2.46. The molecule has 6 unspecified atom stereocenters. The van der Waals surface area contributed by atoms with Gasteiger partial charge in [0.2, 0.25) is 0 Å². The van der Waals surface area contributed by atoms with Gasteiger partial charge in [0.05, 0.1) is 13.2 Å². The number of ether oxygens (including phenoxy) is 3. The molecule has 0 aromatic rings. The number of aliphatic hydroxyl groups excluding tert-OH is 8. The average molecular weight is 342 g/mol. The van der Waals surface area contributed by atoms with E-state index in [1.165, 1.54) is 0 Å². The maximum Gasteiger partial charge on any atom is 0.186 e. The monoisotopic (exact) mass is 342 g/mol. The van der Waals surface area contributed by atoms with Gasteiger partial charge in [-0.2, -0.15) is 0 Å². The molecule has 2 heterocycles. The summed E-state index contributed by atoms with van der Waals surface area (Å²) in [5.74, 6) is 0. The van der Waals surface area contributed by atoms with E-state index in [-0.39, 0.29) is 0 Å². The molecule has 0 aliphatic carbocycles. The van der Waals surface area contributed by atoms with Crippen LogP contribution in [0.4, 0.5) is 0 Å². The van der Waals surface area contributed by atoms with Crippen molar-refractivity contribution in [3.63, 3.8) is 0 Å². The van der Waals surface area contributed by atoms with Crippen molar-refractivity contribution in [2.45, 2.75) is 61.4 Å². The smallest absolute Gasteiger partial charge is 0.186 e. The van der Waals surface area contributed by atoms with Crippen LogP contribution in [0.25, 0.3) is 0 Å². The topological polar surface area (TPSA) is 190 Å². The van der Waals surface area contributed by atoms with Gasteiger partial charge >= 0.3 is 0 Å². The van der Waals surface area contributed by atoms with E-state index in [2.05, 4.69) is 0 Å². The molecule has 2 fully saturated rings.